The van der Waals surface area contributed by atoms with Crippen LogP contribution in [-0.4, -0.2) is 37.7 Å². The molecule has 1 aliphatic carbocycles. The lowest BCUT2D eigenvalue weighted by Gasteiger charge is -2.18. The first-order chi connectivity index (χ1) is 10.1. The highest BCUT2D eigenvalue weighted by Gasteiger charge is 2.30. The fourth-order valence-electron chi connectivity index (χ4n) is 2.45. The minimum Gasteiger partial charge on any atom is -0.482 e. The Labute approximate surface area is 124 Å². The predicted molar refractivity (Wildman–Crippen MR) is 76.5 cm³/mol. The van der Waals surface area contributed by atoms with E-state index in [1.165, 1.54) is 6.92 Å². The van der Waals surface area contributed by atoms with E-state index < -0.39 is 5.97 Å². The van der Waals surface area contributed by atoms with Crippen LogP contribution in [0.5, 0.6) is 5.75 Å². The summed E-state index contributed by atoms with van der Waals surface area (Å²) in [6, 6.07) is 6.74. The first-order valence-electron chi connectivity index (χ1n) is 7.06. The minimum atomic E-state index is -0.419. The molecule has 0 bridgehead atoms. The molecular weight excluding hydrogens is 272 g/mol. The highest BCUT2D eigenvalue weighted by molar-refractivity contribution is 5.94. The second kappa shape index (κ2) is 7.22. The highest BCUT2D eigenvalue weighted by Crippen LogP contribution is 2.24. The average molecular weight is 292 g/mol. The van der Waals surface area contributed by atoms with Crippen LogP contribution in [0.15, 0.2) is 24.3 Å². The monoisotopic (exact) mass is 292 g/mol. The quantitative estimate of drug-likeness (QED) is 0.595. The molecule has 0 aliphatic heterocycles. The molecule has 21 heavy (non-hydrogen) atoms. The third-order valence-electron chi connectivity index (χ3n) is 3.57. The molecule has 0 N–H and O–H groups in total. The maximum Gasteiger partial charge on any atom is 0.344 e. The van der Waals surface area contributed by atoms with Crippen LogP contribution in [0.4, 0.5) is 0 Å². The van der Waals surface area contributed by atoms with E-state index in [0.717, 1.165) is 19.3 Å². The van der Waals surface area contributed by atoms with Gasteiger partial charge < -0.3 is 14.2 Å². The Bertz CT molecular complexity index is 511. The molecule has 5 nitrogen and oxygen atoms in total. The Morgan fingerprint density at radius 2 is 2.00 bits per heavy atom. The van der Waals surface area contributed by atoms with E-state index in [0.29, 0.717) is 11.3 Å². The van der Waals surface area contributed by atoms with E-state index in [-0.39, 0.29) is 24.6 Å². The van der Waals surface area contributed by atoms with Gasteiger partial charge in [0.2, 0.25) is 0 Å². The van der Waals surface area contributed by atoms with Crippen molar-refractivity contribution in [3.63, 3.8) is 0 Å². The van der Waals surface area contributed by atoms with Gasteiger partial charge in [0.15, 0.2) is 12.4 Å². The van der Waals surface area contributed by atoms with Crippen molar-refractivity contribution in [2.75, 3.05) is 13.7 Å². The van der Waals surface area contributed by atoms with Gasteiger partial charge in [-0.1, -0.05) is 12.1 Å². The normalized spacial score (nSPS) is 21.0. The zero-order valence-corrected chi connectivity index (χ0v) is 12.3. The minimum absolute atomic E-state index is 0.0185. The molecule has 1 aliphatic rings. The number of benzene rings is 1. The molecule has 2 atom stereocenters. The van der Waals surface area contributed by atoms with Crippen LogP contribution in [0.25, 0.3) is 0 Å². The van der Waals surface area contributed by atoms with Gasteiger partial charge in [-0.25, -0.2) is 4.79 Å². The molecule has 2 unspecified atom stereocenters. The lowest BCUT2D eigenvalue weighted by molar-refractivity contribution is -0.156. The van der Waals surface area contributed by atoms with Gasteiger partial charge in [-0.05, 0) is 38.3 Å². The number of rotatable bonds is 6. The Morgan fingerprint density at radius 3 is 2.71 bits per heavy atom. The van der Waals surface area contributed by atoms with E-state index in [4.69, 9.17) is 14.2 Å². The maximum atomic E-state index is 11.8. The molecule has 0 radical (unpaired) electrons. The molecule has 1 aromatic rings. The predicted octanol–water partition coefficient (Wildman–Crippen LogP) is 2.38. The lowest BCUT2D eigenvalue weighted by Crippen LogP contribution is -2.29. The number of hydrogen-bond acceptors (Lipinski definition) is 5. The summed E-state index contributed by atoms with van der Waals surface area (Å²) >= 11 is 0. The van der Waals surface area contributed by atoms with Crippen LogP contribution in [0, 0.1) is 0 Å². The van der Waals surface area contributed by atoms with Gasteiger partial charge in [0.05, 0.1) is 6.10 Å². The van der Waals surface area contributed by atoms with Crippen LogP contribution < -0.4 is 4.74 Å². The summed E-state index contributed by atoms with van der Waals surface area (Å²) in [5.41, 5.74) is 0.552. The molecule has 0 saturated heterocycles. The van der Waals surface area contributed by atoms with Crippen molar-refractivity contribution in [3.8, 4) is 5.75 Å². The van der Waals surface area contributed by atoms with Crippen LogP contribution in [0.1, 0.15) is 36.5 Å². The number of methoxy groups -OCH3 is 1. The van der Waals surface area contributed by atoms with E-state index in [2.05, 4.69) is 0 Å². The SMILES string of the molecule is COC1CCCC1OC(=O)COc1cccc(C(C)=O)c1. The number of carbonyl (C=O) groups excluding carboxylic acids is 2. The number of esters is 1. The molecule has 0 heterocycles. The van der Waals surface area contributed by atoms with Gasteiger partial charge >= 0.3 is 5.97 Å². The Morgan fingerprint density at radius 1 is 1.24 bits per heavy atom. The van der Waals surface area contributed by atoms with Gasteiger partial charge in [-0.3, -0.25) is 4.79 Å². The Balaban J connectivity index is 1.84. The Hall–Kier alpha value is -1.88. The summed E-state index contributed by atoms with van der Waals surface area (Å²) in [5, 5.41) is 0. The van der Waals surface area contributed by atoms with Gasteiger partial charge in [0.1, 0.15) is 11.9 Å². The van der Waals surface area contributed by atoms with Gasteiger partial charge in [0.25, 0.3) is 0 Å². The summed E-state index contributed by atoms with van der Waals surface area (Å²) in [5.74, 6) is 0.0171. The maximum absolute atomic E-state index is 11.8. The van der Waals surface area contributed by atoms with Crippen molar-refractivity contribution in [2.45, 2.75) is 38.4 Å². The topological polar surface area (TPSA) is 61.8 Å². The smallest absolute Gasteiger partial charge is 0.344 e. The van der Waals surface area contributed by atoms with E-state index in [9.17, 15) is 9.59 Å². The first kappa shape index (κ1) is 15.5. The largest absolute Gasteiger partial charge is 0.482 e. The summed E-state index contributed by atoms with van der Waals surface area (Å²) < 4.78 is 16.0. The second-order valence-electron chi connectivity index (χ2n) is 5.11. The highest BCUT2D eigenvalue weighted by atomic mass is 16.6. The summed E-state index contributed by atoms with van der Waals surface area (Å²) in [7, 11) is 1.63. The van der Waals surface area contributed by atoms with Crippen molar-refractivity contribution >= 4 is 11.8 Å². The van der Waals surface area contributed by atoms with E-state index >= 15 is 0 Å². The van der Waals surface area contributed by atoms with Gasteiger partial charge in [0, 0.05) is 12.7 Å². The van der Waals surface area contributed by atoms with Crippen LogP contribution in [0.3, 0.4) is 0 Å². The zero-order chi connectivity index (χ0) is 15.2. The van der Waals surface area contributed by atoms with Crippen LogP contribution in [0.2, 0.25) is 0 Å². The van der Waals surface area contributed by atoms with Gasteiger partial charge in [-0.2, -0.15) is 0 Å². The number of hydrogen-bond donors (Lipinski definition) is 0. The van der Waals surface area contributed by atoms with E-state index in [1.54, 1.807) is 31.4 Å². The molecule has 5 heteroatoms. The van der Waals surface area contributed by atoms with Crippen LogP contribution in [-0.2, 0) is 14.3 Å². The van der Waals surface area contributed by atoms with Gasteiger partial charge in [-0.15, -0.1) is 0 Å². The third-order valence-corrected chi connectivity index (χ3v) is 3.57. The molecule has 114 valence electrons. The molecule has 0 aromatic heterocycles. The molecule has 1 aromatic carbocycles. The van der Waals surface area contributed by atoms with Crippen molar-refractivity contribution in [3.05, 3.63) is 29.8 Å². The summed E-state index contributed by atoms with van der Waals surface area (Å²) in [6.45, 7) is 1.31. The molecule has 0 spiro atoms. The standard InChI is InChI=1S/C16H20O5/c1-11(17)12-5-3-6-13(9-12)20-10-16(18)21-15-8-4-7-14(15)19-2/h3,5-6,9,14-15H,4,7-8,10H2,1-2H3. The lowest BCUT2D eigenvalue weighted by atomic mass is 10.1. The van der Waals surface area contributed by atoms with Crippen molar-refractivity contribution in [1.82, 2.24) is 0 Å². The number of ketones is 1. The average Bonchev–Trinajstić information content (AvgIpc) is 2.92. The number of ether oxygens (including phenoxy) is 3. The van der Waals surface area contributed by atoms with Crippen LogP contribution >= 0.6 is 0 Å². The second-order valence-corrected chi connectivity index (χ2v) is 5.11. The summed E-state index contributed by atoms with van der Waals surface area (Å²) in [4.78, 5) is 23.1. The number of Topliss-reactive ketones (excluding diaryl/α,β-unsaturated/α-hetero) is 1. The number of carbonyl (C=O) groups is 2. The van der Waals surface area contributed by atoms with Crippen molar-refractivity contribution < 1.29 is 23.8 Å². The zero-order valence-electron chi connectivity index (χ0n) is 12.3. The summed E-state index contributed by atoms with van der Waals surface area (Å²) in [6.07, 6.45) is 2.53. The Kier molecular flexibility index (Phi) is 5.33. The third kappa shape index (κ3) is 4.29. The molecular formula is C16H20O5. The molecule has 0 amide bonds. The fraction of sp³-hybridized carbons (Fsp3) is 0.500. The van der Waals surface area contributed by atoms with Crippen molar-refractivity contribution in [2.24, 2.45) is 0 Å². The first-order valence-corrected chi connectivity index (χ1v) is 7.06. The fourth-order valence-corrected chi connectivity index (χ4v) is 2.45. The molecule has 1 fully saturated rings. The molecule has 2 rings (SSSR count). The van der Waals surface area contributed by atoms with Crippen molar-refractivity contribution in [1.29, 1.82) is 0 Å². The molecule has 1 saturated carbocycles. The van der Waals surface area contributed by atoms with E-state index in [1.807, 2.05) is 0 Å².